The second-order valence-corrected chi connectivity index (χ2v) is 6.77. The lowest BCUT2D eigenvalue weighted by Gasteiger charge is -2.33. The molecule has 2 aromatic carbocycles. The topological polar surface area (TPSA) is 17.1 Å². The highest BCUT2D eigenvalue weighted by molar-refractivity contribution is 9.10. The Hall–Kier alpha value is -1.41. The van der Waals surface area contributed by atoms with Gasteiger partial charge in [0.1, 0.15) is 0 Å². The van der Waals surface area contributed by atoms with E-state index in [2.05, 4.69) is 41.1 Å². The summed E-state index contributed by atoms with van der Waals surface area (Å²) in [5.74, 6) is 0.287. The number of aryl methyl sites for hydroxylation is 1. The number of carbonyl (C=O) groups is 1. The van der Waals surface area contributed by atoms with Crippen LogP contribution >= 0.6 is 15.9 Å². The fraction of sp³-hybridized carbons (Fsp3) is 0.278. The Morgan fingerprint density at radius 1 is 1.15 bits per heavy atom. The highest BCUT2D eigenvalue weighted by Crippen LogP contribution is 2.38. The number of halogens is 1. The Labute approximate surface area is 128 Å². The van der Waals surface area contributed by atoms with E-state index < -0.39 is 0 Å². The zero-order chi connectivity index (χ0) is 14.2. The van der Waals surface area contributed by atoms with Crippen LogP contribution in [0.25, 0.3) is 0 Å². The molecule has 1 nitrogen and oxygen atoms in total. The van der Waals surface area contributed by atoms with E-state index in [4.69, 9.17) is 0 Å². The first-order valence-corrected chi connectivity index (χ1v) is 7.75. The van der Waals surface area contributed by atoms with Gasteiger partial charge in [-0.25, -0.2) is 0 Å². The molecule has 0 radical (unpaired) electrons. The van der Waals surface area contributed by atoms with E-state index in [0.717, 1.165) is 29.3 Å². The van der Waals surface area contributed by atoms with Gasteiger partial charge in [-0.15, -0.1) is 0 Å². The van der Waals surface area contributed by atoms with E-state index in [1.165, 1.54) is 11.1 Å². The Bertz CT molecular complexity index is 648. The lowest BCUT2D eigenvalue weighted by Crippen LogP contribution is -2.35. The average Bonchev–Trinajstić information content (AvgIpc) is 2.45. The minimum atomic E-state index is -0.276. The second-order valence-electron chi connectivity index (χ2n) is 5.85. The molecule has 3 rings (SSSR count). The average molecular weight is 329 g/mol. The fourth-order valence-electron chi connectivity index (χ4n) is 3.05. The predicted octanol–water partition coefficient (Wildman–Crippen LogP) is 4.83. The third-order valence-corrected chi connectivity index (χ3v) is 4.74. The van der Waals surface area contributed by atoms with Gasteiger partial charge in [0.25, 0.3) is 0 Å². The summed E-state index contributed by atoms with van der Waals surface area (Å²) in [5.41, 5.74) is 3.04. The smallest absolute Gasteiger partial charge is 0.169 e. The lowest BCUT2D eigenvalue weighted by atomic mass is 9.69. The maximum absolute atomic E-state index is 12.8. The van der Waals surface area contributed by atoms with E-state index in [1.54, 1.807) is 0 Å². The van der Waals surface area contributed by atoms with Crippen LogP contribution < -0.4 is 0 Å². The van der Waals surface area contributed by atoms with Crippen molar-refractivity contribution in [3.8, 4) is 0 Å². The van der Waals surface area contributed by atoms with Crippen molar-refractivity contribution in [3.05, 3.63) is 69.7 Å². The zero-order valence-corrected chi connectivity index (χ0v) is 13.1. The maximum atomic E-state index is 12.8. The molecule has 0 aliphatic heterocycles. The van der Waals surface area contributed by atoms with Gasteiger partial charge < -0.3 is 0 Å². The van der Waals surface area contributed by atoms with Gasteiger partial charge in [-0.3, -0.25) is 4.79 Å². The quantitative estimate of drug-likeness (QED) is 0.771. The summed E-state index contributed by atoms with van der Waals surface area (Å²) in [6.45, 7) is 2.10. The van der Waals surface area contributed by atoms with Crippen molar-refractivity contribution >= 4 is 21.7 Å². The van der Waals surface area contributed by atoms with Crippen molar-refractivity contribution in [2.75, 3.05) is 0 Å². The van der Waals surface area contributed by atoms with Crippen LogP contribution in [0.1, 0.15) is 34.8 Å². The summed E-state index contributed by atoms with van der Waals surface area (Å²) >= 11 is 3.48. The van der Waals surface area contributed by atoms with Gasteiger partial charge >= 0.3 is 0 Å². The number of hydrogen-bond donors (Lipinski definition) is 0. The molecule has 2 heteroatoms. The highest BCUT2D eigenvalue weighted by Gasteiger charge is 2.38. The van der Waals surface area contributed by atoms with Gasteiger partial charge in [-0.05, 0) is 48.6 Å². The third-order valence-electron chi connectivity index (χ3n) is 4.24. The molecule has 20 heavy (non-hydrogen) atoms. The van der Waals surface area contributed by atoms with Crippen LogP contribution in [0.15, 0.2) is 53.0 Å². The summed E-state index contributed by atoms with van der Waals surface area (Å²) < 4.78 is 1.05. The molecular weight excluding hydrogens is 312 g/mol. The molecule has 0 fully saturated rings. The maximum Gasteiger partial charge on any atom is 0.169 e. The number of hydrogen-bond acceptors (Lipinski definition) is 1. The number of fused-ring (bicyclic) bond motifs is 1. The predicted molar refractivity (Wildman–Crippen MR) is 85.0 cm³/mol. The summed E-state index contributed by atoms with van der Waals surface area (Å²) in [7, 11) is 0. The number of rotatable bonds is 2. The third kappa shape index (κ3) is 2.45. The fourth-order valence-corrected chi connectivity index (χ4v) is 3.46. The number of carbonyl (C=O) groups excluding carboxylic acids is 1. The van der Waals surface area contributed by atoms with Crippen LogP contribution in [0.3, 0.4) is 0 Å². The molecule has 0 saturated carbocycles. The van der Waals surface area contributed by atoms with Crippen LogP contribution in [-0.2, 0) is 12.8 Å². The van der Waals surface area contributed by atoms with E-state index in [1.807, 2.05) is 30.3 Å². The van der Waals surface area contributed by atoms with E-state index in [0.29, 0.717) is 0 Å². The van der Waals surface area contributed by atoms with Crippen LogP contribution in [0, 0.1) is 5.41 Å². The molecule has 0 heterocycles. The van der Waals surface area contributed by atoms with Crippen molar-refractivity contribution in [1.82, 2.24) is 0 Å². The molecule has 0 spiro atoms. The molecular formula is C18H17BrO. The van der Waals surface area contributed by atoms with Gasteiger partial charge in [0, 0.05) is 15.5 Å². The number of ketones is 1. The molecule has 2 aromatic rings. The highest BCUT2D eigenvalue weighted by atomic mass is 79.9. The Kier molecular flexibility index (Phi) is 3.51. The monoisotopic (exact) mass is 328 g/mol. The molecule has 0 aromatic heterocycles. The second kappa shape index (κ2) is 5.17. The van der Waals surface area contributed by atoms with Gasteiger partial charge in [0.05, 0.1) is 0 Å². The SMILES string of the molecule is CC1(Cc2ccccc2)CCc2cc(Br)ccc2C1=O. The minimum absolute atomic E-state index is 0.276. The van der Waals surface area contributed by atoms with Crippen molar-refractivity contribution in [2.24, 2.45) is 5.41 Å². The molecule has 1 aliphatic rings. The minimum Gasteiger partial charge on any atom is -0.294 e. The number of benzene rings is 2. The van der Waals surface area contributed by atoms with E-state index in [9.17, 15) is 4.79 Å². The Morgan fingerprint density at radius 3 is 2.65 bits per heavy atom. The molecule has 0 N–H and O–H groups in total. The van der Waals surface area contributed by atoms with Crippen molar-refractivity contribution in [2.45, 2.75) is 26.2 Å². The first kappa shape index (κ1) is 13.6. The van der Waals surface area contributed by atoms with Gasteiger partial charge in [-0.1, -0.05) is 53.2 Å². The Morgan fingerprint density at radius 2 is 1.90 bits per heavy atom. The van der Waals surface area contributed by atoms with Crippen molar-refractivity contribution in [1.29, 1.82) is 0 Å². The van der Waals surface area contributed by atoms with Crippen LogP contribution in [0.2, 0.25) is 0 Å². The molecule has 0 amide bonds. The first-order valence-electron chi connectivity index (χ1n) is 6.96. The largest absolute Gasteiger partial charge is 0.294 e. The lowest BCUT2D eigenvalue weighted by molar-refractivity contribution is 0.0784. The van der Waals surface area contributed by atoms with Gasteiger partial charge in [0.15, 0.2) is 5.78 Å². The van der Waals surface area contributed by atoms with E-state index >= 15 is 0 Å². The standard InChI is InChI=1S/C18H17BrO/c1-18(12-13-5-3-2-4-6-13)10-9-14-11-15(19)7-8-16(14)17(18)20/h2-8,11H,9-10,12H2,1H3. The first-order chi connectivity index (χ1) is 9.58. The molecule has 1 aliphatic carbocycles. The van der Waals surface area contributed by atoms with Gasteiger partial charge in [0.2, 0.25) is 0 Å². The van der Waals surface area contributed by atoms with Crippen LogP contribution in [-0.4, -0.2) is 5.78 Å². The van der Waals surface area contributed by atoms with Crippen LogP contribution in [0.4, 0.5) is 0 Å². The van der Waals surface area contributed by atoms with Gasteiger partial charge in [-0.2, -0.15) is 0 Å². The molecule has 102 valence electrons. The summed E-state index contributed by atoms with van der Waals surface area (Å²) in [5, 5.41) is 0. The summed E-state index contributed by atoms with van der Waals surface area (Å²) in [6, 6.07) is 16.3. The molecule has 0 saturated heterocycles. The van der Waals surface area contributed by atoms with E-state index in [-0.39, 0.29) is 11.2 Å². The summed E-state index contributed by atoms with van der Waals surface area (Å²) in [4.78, 5) is 12.8. The van der Waals surface area contributed by atoms with Crippen LogP contribution in [0.5, 0.6) is 0 Å². The molecule has 1 atom stereocenters. The number of Topliss-reactive ketones (excluding diaryl/α,β-unsaturated/α-hetero) is 1. The Balaban J connectivity index is 1.93. The van der Waals surface area contributed by atoms with Crippen molar-refractivity contribution in [3.63, 3.8) is 0 Å². The zero-order valence-electron chi connectivity index (χ0n) is 11.5. The normalized spacial score (nSPS) is 21.6. The summed E-state index contributed by atoms with van der Waals surface area (Å²) in [6.07, 6.45) is 2.72. The van der Waals surface area contributed by atoms with Crippen molar-refractivity contribution < 1.29 is 4.79 Å². The molecule has 1 unspecified atom stereocenters. The molecule has 0 bridgehead atoms.